The first kappa shape index (κ1) is 18.2. The van der Waals surface area contributed by atoms with Crippen molar-refractivity contribution in [3.63, 3.8) is 0 Å². The van der Waals surface area contributed by atoms with Crippen LogP contribution < -0.4 is 5.32 Å². The quantitative estimate of drug-likeness (QED) is 0.757. The average Bonchev–Trinajstić information content (AvgIpc) is 3.17. The van der Waals surface area contributed by atoms with E-state index in [1.165, 1.54) is 6.92 Å². The minimum Gasteiger partial charge on any atom is -0.356 e. The summed E-state index contributed by atoms with van der Waals surface area (Å²) in [5.41, 5.74) is 3.03. The Labute approximate surface area is 163 Å². The lowest BCUT2D eigenvalue weighted by Crippen LogP contribution is -2.41. The number of rotatable bonds is 4. The van der Waals surface area contributed by atoms with Crippen molar-refractivity contribution in [2.24, 2.45) is 5.92 Å². The standard InChI is InChI=1S/C21H23N5O2/c1-15(27)23-13-16-8-11-25(12-9-16)21(28)18-14-24-26-19(7-10-22-20(18)26)17-5-3-2-4-6-17/h2-7,10,14,16H,8-9,11-13H2,1H3,(H,23,27). The van der Waals surface area contributed by atoms with Crippen LogP contribution in [-0.2, 0) is 4.79 Å². The predicted octanol–water partition coefficient (Wildman–Crippen LogP) is 2.38. The molecule has 0 unspecified atom stereocenters. The smallest absolute Gasteiger partial charge is 0.259 e. The Balaban J connectivity index is 1.52. The van der Waals surface area contributed by atoms with Gasteiger partial charge in [0.25, 0.3) is 5.91 Å². The SMILES string of the molecule is CC(=O)NCC1CCN(C(=O)c2cnn3c(-c4ccccc4)ccnc23)CC1. The van der Waals surface area contributed by atoms with E-state index in [-0.39, 0.29) is 11.8 Å². The molecule has 2 amide bonds. The summed E-state index contributed by atoms with van der Waals surface area (Å²) >= 11 is 0. The maximum atomic E-state index is 13.1. The second kappa shape index (κ2) is 7.80. The van der Waals surface area contributed by atoms with Crippen molar-refractivity contribution in [1.82, 2.24) is 24.8 Å². The lowest BCUT2D eigenvalue weighted by atomic mass is 9.96. The summed E-state index contributed by atoms with van der Waals surface area (Å²) in [5.74, 6) is 0.371. The van der Waals surface area contributed by atoms with Crippen LogP contribution in [0, 0.1) is 5.92 Å². The second-order valence-electron chi connectivity index (χ2n) is 7.16. The fraction of sp³-hybridized carbons (Fsp3) is 0.333. The molecule has 1 aliphatic heterocycles. The van der Waals surface area contributed by atoms with Crippen molar-refractivity contribution in [1.29, 1.82) is 0 Å². The van der Waals surface area contributed by atoms with Gasteiger partial charge in [-0.25, -0.2) is 9.50 Å². The van der Waals surface area contributed by atoms with Crippen LogP contribution in [0.1, 0.15) is 30.1 Å². The summed E-state index contributed by atoms with van der Waals surface area (Å²) in [6, 6.07) is 11.8. The van der Waals surface area contributed by atoms with Gasteiger partial charge >= 0.3 is 0 Å². The topological polar surface area (TPSA) is 79.6 Å². The number of nitrogens with zero attached hydrogens (tertiary/aromatic N) is 4. The van der Waals surface area contributed by atoms with Crippen LogP contribution in [0.2, 0.25) is 0 Å². The van der Waals surface area contributed by atoms with Gasteiger partial charge in [-0.2, -0.15) is 5.10 Å². The molecule has 0 bridgehead atoms. The molecule has 3 heterocycles. The van der Waals surface area contributed by atoms with Crippen LogP contribution in [0.15, 0.2) is 48.8 Å². The average molecular weight is 377 g/mol. The zero-order valence-electron chi connectivity index (χ0n) is 15.8. The highest BCUT2D eigenvalue weighted by Gasteiger charge is 2.26. The number of benzene rings is 1. The Morgan fingerprint density at radius 2 is 1.89 bits per heavy atom. The number of carbonyl (C=O) groups excluding carboxylic acids is 2. The van der Waals surface area contributed by atoms with E-state index < -0.39 is 0 Å². The van der Waals surface area contributed by atoms with E-state index in [0.717, 1.165) is 24.1 Å². The van der Waals surface area contributed by atoms with E-state index in [1.807, 2.05) is 41.3 Å². The Hall–Kier alpha value is -3.22. The second-order valence-corrected chi connectivity index (χ2v) is 7.16. The molecule has 28 heavy (non-hydrogen) atoms. The molecule has 0 aliphatic carbocycles. The Morgan fingerprint density at radius 1 is 1.14 bits per heavy atom. The highest BCUT2D eigenvalue weighted by atomic mass is 16.2. The minimum absolute atomic E-state index is 0.00912. The summed E-state index contributed by atoms with van der Waals surface area (Å²) in [6.45, 7) is 3.56. The molecule has 0 radical (unpaired) electrons. The first-order valence-electron chi connectivity index (χ1n) is 9.55. The molecule has 7 nitrogen and oxygen atoms in total. The van der Waals surface area contributed by atoms with Gasteiger partial charge in [0.15, 0.2) is 5.65 Å². The molecule has 0 atom stereocenters. The molecule has 3 aromatic rings. The number of nitrogens with one attached hydrogen (secondary N) is 1. The van der Waals surface area contributed by atoms with Gasteiger partial charge in [-0.3, -0.25) is 9.59 Å². The Morgan fingerprint density at radius 3 is 2.61 bits per heavy atom. The van der Waals surface area contributed by atoms with Crippen molar-refractivity contribution < 1.29 is 9.59 Å². The highest BCUT2D eigenvalue weighted by Crippen LogP contribution is 2.23. The molecule has 1 N–H and O–H groups in total. The van der Waals surface area contributed by atoms with Crippen LogP contribution >= 0.6 is 0 Å². The number of hydrogen-bond donors (Lipinski definition) is 1. The number of aromatic nitrogens is 3. The van der Waals surface area contributed by atoms with E-state index in [2.05, 4.69) is 15.4 Å². The number of likely N-dealkylation sites (tertiary alicyclic amines) is 1. The van der Waals surface area contributed by atoms with Crippen LogP contribution in [-0.4, -0.2) is 50.9 Å². The van der Waals surface area contributed by atoms with E-state index in [9.17, 15) is 9.59 Å². The number of piperidine rings is 1. The molecule has 7 heteroatoms. The molecular formula is C21H23N5O2. The summed E-state index contributed by atoms with van der Waals surface area (Å²) in [5, 5.41) is 7.30. The molecule has 1 fully saturated rings. The third-order valence-electron chi connectivity index (χ3n) is 5.24. The zero-order valence-corrected chi connectivity index (χ0v) is 15.8. The molecule has 4 rings (SSSR count). The first-order chi connectivity index (χ1) is 13.6. The molecule has 2 aromatic heterocycles. The maximum absolute atomic E-state index is 13.1. The third kappa shape index (κ3) is 3.60. The summed E-state index contributed by atoms with van der Waals surface area (Å²) in [4.78, 5) is 30.4. The fourth-order valence-corrected chi connectivity index (χ4v) is 3.67. The molecule has 1 saturated heterocycles. The lowest BCUT2D eigenvalue weighted by molar-refractivity contribution is -0.119. The van der Waals surface area contributed by atoms with Crippen molar-refractivity contribution in [2.75, 3.05) is 19.6 Å². The van der Waals surface area contributed by atoms with Gasteiger partial charge in [-0.05, 0) is 24.8 Å². The van der Waals surface area contributed by atoms with Crippen LogP contribution in [0.5, 0.6) is 0 Å². The third-order valence-corrected chi connectivity index (χ3v) is 5.24. The number of hydrogen-bond acceptors (Lipinski definition) is 4. The van der Waals surface area contributed by atoms with Crippen molar-refractivity contribution in [3.8, 4) is 11.3 Å². The van der Waals surface area contributed by atoms with Crippen LogP contribution in [0.3, 0.4) is 0 Å². The Bertz CT molecular complexity index is 990. The van der Waals surface area contributed by atoms with E-state index in [0.29, 0.717) is 36.8 Å². The number of amides is 2. The summed E-state index contributed by atoms with van der Waals surface area (Å²) < 4.78 is 1.73. The van der Waals surface area contributed by atoms with Gasteiger partial charge in [-0.15, -0.1) is 0 Å². The monoisotopic (exact) mass is 377 g/mol. The zero-order chi connectivity index (χ0) is 19.5. The minimum atomic E-state index is -0.0364. The van der Waals surface area contributed by atoms with E-state index >= 15 is 0 Å². The van der Waals surface area contributed by atoms with Crippen LogP contribution in [0.4, 0.5) is 0 Å². The maximum Gasteiger partial charge on any atom is 0.259 e. The highest BCUT2D eigenvalue weighted by molar-refractivity contribution is 6.00. The van der Waals surface area contributed by atoms with Gasteiger partial charge in [0.2, 0.25) is 5.91 Å². The molecular weight excluding hydrogens is 354 g/mol. The van der Waals surface area contributed by atoms with Crippen molar-refractivity contribution in [2.45, 2.75) is 19.8 Å². The van der Waals surface area contributed by atoms with E-state index in [4.69, 9.17) is 0 Å². The first-order valence-corrected chi connectivity index (χ1v) is 9.55. The lowest BCUT2D eigenvalue weighted by Gasteiger charge is -2.31. The number of fused-ring (bicyclic) bond motifs is 1. The van der Waals surface area contributed by atoms with Gasteiger partial charge in [-0.1, -0.05) is 30.3 Å². The van der Waals surface area contributed by atoms with Crippen molar-refractivity contribution in [3.05, 3.63) is 54.4 Å². The van der Waals surface area contributed by atoms with Crippen molar-refractivity contribution >= 4 is 17.5 Å². The van der Waals surface area contributed by atoms with E-state index in [1.54, 1.807) is 16.9 Å². The molecule has 144 valence electrons. The summed E-state index contributed by atoms with van der Waals surface area (Å²) in [7, 11) is 0. The molecule has 1 aliphatic rings. The van der Waals surface area contributed by atoms with Gasteiger partial charge < -0.3 is 10.2 Å². The summed E-state index contributed by atoms with van der Waals surface area (Å²) in [6.07, 6.45) is 5.10. The van der Waals surface area contributed by atoms with Gasteiger partial charge in [0.1, 0.15) is 5.56 Å². The molecule has 0 spiro atoms. The van der Waals surface area contributed by atoms with Crippen LogP contribution in [0.25, 0.3) is 16.9 Å². The normalized spacial score (nSPS) is 15.0. The number of carbonyl (C=O) groups is 2. The van der Waals surface area contributed by atoms with Gasteiger partial charge in [0.05, 0.1) is 11.9 Å². The largest absolute Gasteiger partial charge is 0.356 e. The molecule has 0 saturated carbocycles. The molecule has 1 aromatic carbocycles. The Kier molecular flexibility index (Phi) is 5.06. The van der Waals surface area contributed by atoms with Gasteiger partial charge in [0, 0.05) is 38.3 Å². The fourth-order valence-electron chi connectivity index (χ4n) is 3.67. The predicted molar refractivity (Wildman–Crippen MR) is 106 cm³/mol.